The average molecular weight is 280 g/mol. The first-order valence-electron chi connectivity index (χ1n) is 6.81. The van der Waals surface area contributed by atoms with Crippen LogP contribution in [0.5, 0.6) is 0 Å². The van der Waals surface area contributed by atoms with Gasteiger partial charge in [0.15, 0.2) is 0 Å². The van der Waals surface area contributed by atoms with Crippen molar-refractivity contribution in [3.05, 3.63) is 53.1 Å². The van der Waals surface area contributed by atoms with Crippen molar-refractivity contribution in [1.29, 1.82) is 5.26 Å². The minimum absolute atomic E-state index is 0.365. The number of benzene rings is 2. The topological polar surface area (TPSA) is 49.8 Å². The van der Waals surface area contributed by atoms with Gasteiger partial charge in [-0.15, -0.1) is 0 Å². The molecule has 0 saturated carbocycles. The van der Waals surface area contributed by atoms with Crippen molar-refractivity contribution in [3.63, 3.8) is 0 Å². The summed E-state index contributed by atoms with van der Waals surface area (Å²) in [7, 11) is 0. The minimum Gasteiger partial charge on any atom is -0.398 e. The molecule has 0 aliphatic heterocycles. The molecular formula is C17H16N2S. The molecule has 0 aromatic heterocycles. The van der Waals surface area contributed by atoms with Crippen LogP contribution in [0.25, 0.3) is 0 Å². The third kappa shape index (κ3) is 2.66. The van der Waals surface area contributed by atoms with E-state index in [0.29, 0.717) is 12.1 Å². The third-order valence-corrected chi connectivity index (χ3v) is 4.67. The fraction of sp³-hybridized carbons (Fsp3) is 0.235. The lowest BCUT2D eigenvalue weighted by atomic mass is 10.1. The number of nitriles is 1. The molecule has 1 aliphatic carbocycles. The zero-order valence-corrected chi connectivity index (χ0v) is 12.0. The van der Waals surface area contributed by atoms with E-state index in [1.807, 2.05) is 18.2 Å². The molecule has 3 heteroatoms. The smallest absolute Gasteiger partial charge is 0.0670 e. The molecule has 20 heavy (non-hydrogen) atoms. The SMILES string of the molecule is N#CCc1cc(Sc2ccc3c(c2)CCC3)ccc1N. The van der Waals surface area contributed by atoms with Crippen LogP contribution in [0.15, 0.2) is 46.2 Å². The van der Waals surface area contributed by atoms with E-state index in [1.165, 1.54) is 35.3 Å². The predicted molar refractivity (Wildman–Crippen MR) is 82.8 cm³/mol. The Morgan fingerprint density at radius 3 is 2.65 bits per heavy atom. The number of hydrogen-bond donors (Lipinski definition) is 1. The number of fused-ring (bicyclic) bond motifs is 1. The molecule has 1 aliphatic rings. The third-order valence-electron chi connectivity index (χ3n) is 3.69. The minimum atomic E-state index is 0.365. The van der Waals surface area contributed by atoms with Crippen LogP contribution in [0.1, 0.15) is 23.1 Å². The second-order valence-electron chi connectivity index (χ2n) is 5.08. The number of aryl methyl sites for hydroxylation is 2. The number of anilines is 1. The van der Waals surface area contributed by atoms with Crippen LogP contribution < -0.4 is 5.73 Å². The first kappa shape index (κ1) is 13.1. The van der Waals surface area contributed by atoms with Gasteiger partial charge in [-0.1, -0.05) is 17.8 Å². The lowest BCUT2D eigenvalue weighted by Gasteiger charge is -2.07. The molecule has 0 unspecified atom stereocenters. The summed E-state index contributed by atoms with van der Waals surface area (Å²) in [5.41, 5.74) is 10.5. The van der Waals surface area contributed by atoms with Crippen LogP contribution in [0.4, 0.5) is 5.69 Å². The molecule has 0 saturated heterocycles. The van der Waals surface area contributed by atoms with Gasteiger partial charge in [0.1, 0.15) is 0 Å². The van der Waals surface area contributed by atoms with Crippen molar-refractivity contribution < 1.29 is 0 Å². The summed E-state index contributed by atoms with van der Waals surface area (Å²) in [6.07, 6.45) is 4.06. The molecule has 3 rings (SSSR count). The quantitative estimate of drug-likeness (QED) is 0.865. The van der Waals surface area contributed by atoms with Gasteiger partial charge < -0.3 is 5.73 Å². The maximum absolute atomic E-state index is 8.82. The van der Waals surface area contributed by atoms with Gasteiger partial charge in [-0.3, -0.25) is 0 Å². The highest BCUT2D eigenvalue weighted by atomic mass is 32.2. The molecule has 0 heterocycles. The number of hydrogen-bond acceptors (Lipinski definition) is 3. The lowest BCUT2D eigenvalue weighted by molar-refractivity contribution is 0.911. The van der Waals surface area contributed by atoms with Crippen LogP contribution in [-0.4, -0.2) is 0 Å². The molecule has 2 aromatic carbocycles. The maximum atomic E-state index is 8.82. The highest BCUT2D eigenvalue weighted by molar-refractivity contribution is 7.99. The second kappa shape index (κ2) is 5.60. The van der Waals surface area contributed by atoms with Crippen molar-refractivity contribution in [2.45, 2.75) is 35.5 Å². The van der Waals surface area contributed by atoms with E-state index in [9.17, 15) is 0 Å². The van der Waals surface area contributed by atoms with E-state index in [0.717, 1.165) is 10.5 Å². The number of nitrogens with two attached hydrogens (primary N) is 1. The monoisotopic (exact) mass is 280 g/mol. The largest absolute Gasteiger partial charge is 0.398 e. The van der Waals surface area contributed by atoms with Crippen molar-refractivity contribution >= 4 is 17.4 Å². The Labute approximate surface area is 123 Å². The van der Waals surface area contributed by atoms with Crippen LogP contribution in [0.3, 0.4) is 0 Å². The van der Waals surface area contributed by atoms with Crippen molar-refractivity contribution in [1.82, 2.24) is 0 Å². The van der Waals surface area contributed by atoms with Crippen molar-refractivity contribution in [2.75, 3.05) is 5.73 Å². The fourth-order valence-electron chi connectivity index (χ4n) is 2.63. The van der Waals surface area contributed by atoms with Gasteiger partial charge in [-0.05, 0) is 66.3 Å². The zero-order chi connectivity index (χ0) is 13.9. The number of nitrogen functional groups attached to an aromatic ring is 1. The molecular weight excluding hydrogens is 264 g/mol. The van der Waals surface area contributed by atoms with Crippen molar-refractivity contribution in [3.8, 4) is 6.07 Å². The highest BCUT2D eigenvalue weighted by Gasteiger charge is 2.11. The summed E-state index contributed by atoms with van der Waals surface area (Å²) in [6, 6.07) is 14.8. The van der Waals surface area contributed by atoms with Gasteiger partial charge in [0, 0.05) is 15.5 Å². The van der Waals surface area contributed by atoms with E-state index < -0.39 is 0 Å². The summed E-state index contributed by atoms with van der Waals surface area (Å²) in [4.78, 5) is 2.40. The van der Waals surface area contributed by atoms with E-state index >= 15 is 0 Å². The van der Waals surface area contributed by atoms with Crippen LogP contribution in [0, 0.1) is 11.3 Å². The molecule has 0 radical (unpaired) electrons. The number of nitrogens with zero attached hydrogens (tertiary/aromatic N) is 1. The first-order chi connectivity index (χ1) is 9.76. The fourth-order valence-corrected chi connectivity index (χ4v) is 3.58. The Morgan fingerprint density at radius 1 is 1.05 bits per heavy atom. The Morgan fingerprint density at radius 2 is 1.80 bits per heavy atom. The molecule has 2 nitrogen and oxygen atoms in total. The van der Waals surface area contributed by atoms with Gasteiger partial charge in [-0.2, -0.15) is 5.26 Å². The van der Waals surface area contributed by atoms with Gasteiger partial charge in [0.25, 0.3) is 0 Å². The molecule has 2 aromatic rings. The average Bonchev–Trinajstić information content (AvgIpc) is 2.90. The lowest BCUT2D eigenvalue weighted by Crippen LogP contribution is -1.93. The first-order valence-corrected chi connectivity index (χ1v) is 7.63. The normalized spacial score (nSPS) is 12.9. The van der Waals surface area contributed by atoms with Crippen LogP contribution >= 0.6 is 11.8 Å². The summed E-state index contributed by atoms with van der Waals surface area (Å²) in [6.45, 7) is 0. The van der Waals surface area contributed by atoms with E-state index in [4.69, 9.17) is 11.0 Å². The molecule has 0 spiro atoms. The molecule has 0 bridgehead atoms. The zero-order valence-electron chi connectivity index (χ0n) is 11.2. The summed E-state index contributed by atoms with van der Waals surface area (Å²) < 4.78 is 0. The van der Waals surface area contributed by atoms with E-state index in [2.05, 4.69) is 24.3 Å². The van der Waals surface area contributed by atoms with Crippen LogP contribution in [-0.2, 0) is 19.3 Å². The Balaban J connectivity index is 1.84. The summed E-state index contributed by atoms with van der Waals surface area (Å²) in [5.74, 6) is 0. The molecule has 0 fully saturated rings. The van der Waals surface area contributed by atoms with Gasteiger partial charge in [0.05, 0.1) is 12.5 Å². The Bertz CT molecular complexity index is 686. The van der Waals surface area contributed by atoms with E-state index in [1.54, 1.807) is 11.8 Å². The standard InChI is InChI=1S/C17H16N2S/c18-9-8-14-11-16(6-7-17(14)19)20-15-5-4-12-2-1-3-13(12)10-15/h4-7,10-11H,1-3,8,19H2. The Kier molecular flexibility index (Phi) is 3.66. The van der Waals surface area contributed by atoms with Gasteiger partial charge in [-0.25, -0.2) is 0 Å². The molecule has 2 N–H and O–H groups in total. The van der Waals surface area contributed by atoms with Gasteiger partial charge in [0.2, 0.25) is 0 Å². The molecule has 100 valence electrons. The summed E-state index contributed by atoms with van der Waals surface area (Å²) >= 11 is 1.74. The Hall–Kier alpha value is -1.92. The van der Waals surface area contributed by atoms with Gasteiger partial charge >= 0.3 is 0 Å². The van der Waals surface area contributed by atoms with E-state index in [-0.39, 0.29) is 0 Å². The number of rotatable bonds is 3. The predicted octanol–water partition coefficient (Wildman–Crippen LogP) is 3.97. The molecule has 0 amide bonds. The second-order valence-corrected chi connectivity index (χ2v) is 6.23. The van der Waals surface area contributed by atoms with Crippen molar-refractivity contribution in [2.24, 2.45) is 0 Å². The van der Waals surface area contributed by atoms with Crippen LogP contribution in [0.2, 0.25) is 0 Å². The maximum Gasteiger partial charge on any atom is 0.0670 e. The highest BCUT2D eigenvalue weighted by Crippen LogP contribution is 2.33. The molecule has 0 atom stereocenters. The summed E-state index contributed by atoms with van der Waals surface area (Å²) in [5, 5.41) is 8.82.